The first kappa shape index (κ1) is 19.4. The topological polar surface area (TPSA) is 139 Å². The first-order chi connectivity index (χ1) is 13.5. The van der Waals surface area contributed by atoms with E-state index in [0.29, 0.717) is 4.72 Å². The van der Waals surface area contributed by atoms with Crippen LogP contribution in [0.3, 0.4) is 0 Å². The number of non-ortho nitro benzene ring substituents is 1. The molecule has 0 spiro atoms. The molecular formula is C16H14N6O5Se. The number of ether oxygens (including phenoxy) is 1. The summed E-state index contributed by atoms with van der Waals surface area (Å²) in [6, 6.07) is 11.2. The normalized spacial score (nSPS) is 10.6. The molecule has 0 unspecified atom stereocenters. The van der Waals surface area contributed by atoms with E-state index in [1.165, 1.54) is 16.9 Å². The van der Waals surface area contributed by atoms with Crippen molar-refractivity contribution in [2.75, 3.05) is 7.11 Å². The number of methoxy groups -OCH3 is 1. The van der Waals surface area contributed by atoms with Gasteiger partial charge in [-0.3, -0.25) is 0 Å². The Hall–Kier alpha value is -3.37. The summed E-state index contributed by atoms with van der Waals surface area (Å²) in [6.07, 6.45) is 0. The summed E-state index contributed by atoms with van der Waals surface area (Å²) in [4.78, 5) is 21.9. The van der Waals surface area contributed by atoms with Crippen molar-refractivity contribution in [1.82, 2.24) is 20.2 Å². The Balaban J connectivity index is 1.68. The Morgan fingerprint density at radius 1 is 1.11 bits per heavy atom. The Bertz CT molecular complexity index is 1010. The quantitative estimate of drug-likeness (QED) is 0.283. The van der Waals surface area contributed by atoms with Gasteiger partial charge < -0.3 is 0 Å². The summed E-state index contributed by atoms with van der Waals surface area (Å²) < 4.78 is 5.68. The van der Waals surface area contributed by atoms with Gasteiger partial charge in [0.2, 0.25) is 0 Å². The summed E-state index contributed by atoms with van der Waals surface area (Å²) in [5.74, 6) is 0.782. The third-order valence-electron chi connectivity index (χ3n) is 3.75. The Morgan fingerprint density at radius 2 is 1.86 bits per heavy atom. The van der Waals surface area contributed by atoms with E-state index >= 15 is 0 Å². The molecule has 0 N–H and O–H groups in total. The van der Waals surface area contributed by atoms with Crippen molar-refractivity contribution in [2.24, 2.45) is 0 Å². The van der Waals surface area contributed by atoms with Crippen LogP contribution in [-0.2, 0) is 11.9 Å². The maximum atomic E-state index is 11.2. The van der Waals surface area contributed by atoms with Crippen LogP contribution in [-0.4, -0.2) is 52.1 Å². The molecule has 0 saturated carbocycles. The molecule has 0 saturated heterocycles. The van der Waals surface area contributed by atoms with Crippen LogP contribution in [0.25, 0.3) is 0 Å². The van der Waals surface area contributed by atoms with Gasteiger partial charge in [-0.2, -0.15) is 0 Å². The molecule has 0 atom stereocenters. The fourth-order valence-corrected chi connectivity index (χ4v) is 3.89. The van der Waals surface area contributed by atoms with Crippen LogP contribution >= 0.6 is 0 Å². The van der Waals surface area contributed by atoms with Crippen molar-refractivity contribution in [3.05, 3.63) is 73.8 Å². The third kappa shape index (κ3) is 4.67. The van der Waals surface area contributed by atoms with Gasteiger partial charge in [0.25, 0.3) is 0 Å². The third-order valence-corrected chi connectivity index (χ3v) is 5.64. The first-order valence-corrected chi connectivity index (χ1v) is 9.98. The SMILES string of the molecule is COc1ccc(C[Se]c2nnn(Cc3ccc([N+](=O)[O-])cc3[N+](=O)[O-])n2)cc1. The van der Waals surface area contributed by atoms with Gasteiger partial charge in [0, 0.05) is 0 Å². The van der Waals surface area contributed by atoms with Gasteiger partial charge in [-0.15, -0.1) is 0 Å². The fourth-order valence-electron chi connectivity index (χ4n) is 2.34. The number of nitrogens with zero attached hydrogens (tertiary/aromatic N) is 6. The number of benzene rings is 2. The standard InChI is InChI=1S/C16H14N6O5Se/c1-27-14-6-2-11(3-7-14)10-28-16-17-19-20(18-16)9-12-4-5-13(21(23)24)8-15(12)22(25)26/h2-8H,9-10H2,1H3. The Morgan fingerprint density at radius 3 is 2.50 bits per heavy atom. The molecule has 1 heterocycles. The number of rotatable bonds is 8. The van der Waals surface area contributed by atoms with E-state index in [9.17, 15) is 20.2 Å². The van der Waals surface area contributed by atoms with E-state index in [0.717, 1.165) is 22.7 Å². The van der Waals surface area contributed by atoms with Gasteiger partial charge in [0.05, 0.1) is 0 Å². The average Bonchev–Trinajstić information content (AvgIpc) is 3.14. The van der Waals surface area contributed by atoms with Crippen LogP contribution in [0.15, 0.2) is 42.5 Å². The number of nitro benzene ring substituents is 2. The van der Waals surface area contributed by atoms with Crippen LogP contribution in [0.1, 0.15) is 11.1 Å². The molecule has 144 valence electrons. The molecule has 2 aromatic carbocycles. The summed E-state index contributed by atoms with van der Waals surface area (Å²) >= 11 is -0.0613. The molecule has 0 aliphatic rings. The van der Waals surface area contributed by atoms with Crippen LogP contribution in [0.4, 0.5) is 11.4 Å². The van der Waals surface area contributed by atoms with Gasteiger partial charge in [0.1, 0.15) is 0 Å². The number of hydrogen-bond donors (Lipinski definition) is 0. The molecule has 12 heteroatoms. The molecule has 0 aliphatic carbocycles. The molecule has 3 rings (SSSR count). The van der Waals surface area contributed by atoms with Crippen molar-refractivity contribution in [2.45, 2.75) is 11.9 Å². The zero-order chi connectivity index (χ0) is 20.1. The summed E-state index contributed by atoms with van der Waals surface area (Å²) in [6.45, 7) is -0.0000759. The van der Waals surface area contributed by atoms with Crippen molar-refractivity contribution >= 4 is 31.1 Å². The predicted octanol–water partition coefficient (Wildman–Crippen LogP) is 1.08. The van der Waals surface area contributed by atoms with E-state index in [4.69, 9.17) is 4.74 Å². The fraction of sp³-hybridized carbons (Fsp3) is 0.188. The molecule has 28 heavy (non-hydrogen) atoms. The molecule has 0 aliphatic heterocycles. The maximum absolute atomic E-state index is 11.2. The monoisotopic (exact) mass is 450 g/mol. The Kier molecular flexibility index (Phi) is 5.92. The van der Waals surface area contributed by atoms with Crippen LogP contribution in [0.2, 0.25) is 0 Å². The van der Waals surface area contributed by atoms with Crippen molar-refractivity contribution in [3.63, 3.8) is 0 Å². The summed E-state index contributed by atoms with van der Waals surface area (Å²) in [5, 5.41) is 34.9. The average molecular weight is 449 g/mol. The van der Waals surface area contributed by atoms with Gasteiger partial charge in [-0.1, -0.05) is 0 Å². The molecule has 0 amide bonds. The van der Waals surface area contributed by atoms with E-state index < -0.39 is 9.85 Å². The molecule has 0 bridgehead atoms. The van der Waals surface area contributed by atoms with Crippen LogP contribution < -0.4 is 9.46 Å². The molecule has 0 radical (unpaired) electrons. The summed E-state index contributed by atoms with van der Waals surface area (Å²) in [5.41, 5.74) is 0.688. The molecule has 3 aromatic rings. The number of aromatic nitrogens is 4. The van der Waals surface area contributed by atoms with E-state index in [-0.39, 0.29) is 38.4 Å². The van der Waals surface area contributed by atoms with Crippen molar-refractivity contribution in [1.29, 1.82) is 0 Å². The van der Waals surface area contributed by atoms with Crippen LogP contribution in [0, 0.1) is 20.2 Å². The van der Waals surface area contributed by atoms with Gasteiger partial charge in [0.15, 0.2) is 0 Å². The van der Waals surface area contributed by atoms with E-state index in [1.807, 2.05) is 24.3 Å². The van der Waals surface area contributed by atoms with Crippen molar-refractivity contribution < 1.29 is 14.6 Å². The first-order valence-electron chi connectivity index (χ1n) is 7.91. The van der Waals surface area contributed by atoms with Crippen molar-refractivity contribution in [3.8, 4) is 5.75 Å². The van der Waals surface area contributed by atoms with Gasteiger partial charge in [-0.25, -0.2) is 0 Å². The van der Waals surface area contributed by atoms with Gasteiger partial charge in [-0.05, 0) is 0 Å². The molecule has 0 fully saturated rings. The molecule has 1 aromatic heterocycles. The minimum absolute atomic E-state index is 0.0000759. The van der Waals surface area contributed by atoms with Gasteiger partial charge >= 0.3 is 164 Å². The second-order valence-electron chi connectivity index (χ2n) is 5.57. The Labute approximate surface area is 164 Å². The second kappa shape index (κ2) is 8.55. The zero-order valence-electron chi connectivity index (χ0n) is 14.6. The van der Waals surface area contributed by atoms with Crippen LogP contribution in [0.5, 0.6) is 5.75 Å². The predicted molar refractivity (Wildman–Crippen MR) is 98.8 cm³/mol. The number of tetrazole rings is 1. The number of hydrogen-bond acceptors (Lipinski definition) is 8. The summed E-state index contributed by atoms with van der Waals surface area (Å²) in [7, 11) is 1.61. The molecular weight excluding hydrogens is 435 g/mol. The second-order valence-corrected chi connectivity index (χ2v) is 7.54. The van der Waals surface area contributed by atoms with E-state index in [1.54, 1.807) is 7.11 Å². The van der Waals surface area contributed by atoms with E-state index in [2.05, 4.69) is 15.4 Å². The minimum atomic E-state index is -0.676. The number of nitro groups is 2. The molecule has 11 nitrogen and oxygen atoms in total. The zero-order valence-corrected chi connectivity index (χ0v) is 16.3.